The lowest BCUT2D eigenvalue weighted by molar-refractivity contribution is 0.259. The van der Waals surface area contributed by atoms with E-state index in [9.17, 15) is 4.79 Å². The van der Waals surface area contributed by atoms with Crippen LogP contribution < -0.4 is 16.4 Å². The Labute approximate surface area is 134 Å². The molecule has 0 aliphatic carbocycles. The summed E-state index contributed by atoms with van der Waals surface area (Å²) < 4.78 is 0. The van der Waals surface area contributed by atoms with Crippen molar-refractivity contribution in [1.29, 1.82) is 0 Å². The second-order valence-corrected chi connectivity index (χ2v) is 6.18. The van der Waals surface area contributed by atoms with Crippen molar-refractivity contribution < 1.29 is 4.79 Å². The summed E-state index contributed by atoms with van der Waals surface area (Å²) in [6, 6.07) is 3.14. The number of thiazole rings is 2. The van der Waals surface area contributed by atoms with Gasteiger partial charge in [0, 0.05) is 11.6 Å². The Kier molecular flexibility index (Phi) is 3.98. The van der Waals surface area contributed by atoms with Crippen LogP contribution in [-0.2, 0) is 0 Å². The molecule has 0 radical (unpaired) electrons. The van der Waals surface area contributed by atoms with Crippen LogP contribution in [0.1, 0.15) is 5.69 Å². The Morgan fingerprint density at radius 1 is 1.32 bits per heavy atom. The van der Waals surface area contributed by atoms with Crippen LogP contribution in [0.5, 0.6) is 0 Å². The summed E-state index contributed by atoms with van der Waals surface area (Å²) in [4.78, 5) is 24.6. The van der Waals surface area contributed by atoms with Crippen LogP contribution in [0.15, 0.2) is 29.9 Å². The first-order valence-corrected chi connectivity index (χ1v) is 7.98. The molecule has 7 nitrogen and oxygen atoms in total. The highest BCUT2D eigenvalue weighted by atomic mass is 32.1. The van der Waals surface area contributed by atoms with Crippen molar-refractivity contribution in [3.63, 3.8) is 0 Å². The lowest BCUT2D eigenvalue weighted by Gasteiger charge is -1.99. The van der Waals surface area contributed by atoms with Crippen molar-refractivity contribution in [3.05, 3.63) is 35.6 Å². The first-order valence-electron chi connectivity index (χ1n) is 6.28. The maximum absolute atomic E-state index is 10.9. The van der Waals surface area contributed by atoms with Gasteiger partial charge < -0.3 is 11.1 Å². The van der Waals surface area contributed by atoms with Gasteiger partial charge in [0.15, 0.2) is 10.3 Å². The van der Waals surface area contributed by atoms with Gasteiger partial charge in [0.1, 0.15) is 0 Å². The molecule has 0 atom stereocenters. The predicted molar refractivity (Wildman–Crippen MR) is 88.7 cm³/mol. The number of aromatic nitrogens is 3. The normalized spacial score (nSPS) is 10.4. The van der Waals surface area contributed by atoms with E-state index >= 15 is 0 Å². The van der Waals surface area contributed by atoms with Crippen molar-refractivity contribution in [1.82, 2.24) is 15.0 Å². The van der Waals surface area contributed by atoms with Crippen molar-refractivity contribution in [2.45, 2.75) is 6.92 Å². The summed E-state index contributed by atoms with van der Waals surface area (Å²) in [6.07, 6.45) is 3.44. The van der Waals surface area contributed by atoms with E-state index in [4.69, 9.17) is 5.73 Å². The van der Waals surface area contributed by atoms with Gasteiger partial charge in [-0.25, -0.2) is 14.8 Å². The molecule has 3 rings (SSSR count). The number of pyridine rings is 1. The van der Waals surface area contributed by atoms with Crippen LogP contribution in [0.3, 0.4) is 0 Å². The van der Waals surface area contributed by atoms with Crippen LogP contribution >= 0.6 is 22.7 Å². The number of primary amides is 1. The standard InChI is InChI=1S/C13H12N6OS2/c1-7-10(22-13(16-7)19-11(14)20)9-6-21-12(18-9)17-8-3-2-4-15-5-8/h2-6H,1H3,(H,17,18)(H3,14,16,19,20). The van der Waals surface area contributed by atoms with Crippen LogP contribution in [0.25, 0.3) is 10.6 Å². The summed E-state index contributed by atoms with van der Waals surface area (Å²) >= 11 is 2.83. The Morgan fingerprint density at radius 3 is 2.91 bits per heavy atom. The van der Waals surface area contributed by atoms with Gasteiger partial charge in [0.25, 0.3) is 0 Å². The number of hydrogen-bond donors (Lipinski definition) is 3. The molecule has 3 aromatic rings. The monoisotopic (exact) mass is 332 g/mol. The highest BCUT2D eigenvalue weighted by Gasteiger charge is 2.14. The SMILES string of the molecule is Cc1nc(NC(N)=O)sc1-c1csc(Nc2cccnc2)n1. The number of carbonyl (C=O) groups excluding carboxylic acids is 1. The lowest BCUT2D eigenvalue weighted by atomic mass is 10.3. The van der Waals surface area contributed by atoms with Gasteiger partial charge in [-0.05, 0) is 19.1 Å². The molecule has 3 heterocycles. The third kappa shape index (κ3) is 3.21. The third-order valence-corrected chi connectivity index (χ3v) is 4.53. The Balaban J connectivity index is 1.81. The van der Waals surface area contributed by atoms with Crippen molar-refractivity contribution in [3.8, 4) is 10.6 Å². The van der Waals surface area contributed by atoms with Gasteiger partial charge in [-0.1, -0.05) is 11.3 Å². The smallest absolute Gasteiger partial charge is 0.318 e. The number of anilines is 3. The third-order valence-electron chi connectivity index (χ3n) is 2.68. The molecule has 0 fully saturated rings. The van der Waals surface area contributed by atoms with Crippen LogP contribution in [0.4, 0.5) is 20.7 Å². The maximum atomic E-state index is 10.9. The van der Waals surface area contributed by atoms with Crippen LogP contribution in [0.2, 0.25) is 0 Å². The zero-order chi connectivity index (χ0) is 15.5. The van der Waals surface area contributed by atoms with Gasteiger partial charge in [-0.15, -0.1) is 11.3 Å². The van der Waals surface area contributed by atoms with E-state index in [0.29, 0.717) is 5.13 Å². The molecule has 0 aliphatic heterocycles. The molecule has 4 N–H and O–H groups in total. The molecule has 2 amide bonds. The lowest BCUT2D eigenvalue weighted by Crippen LogP contribution is -2.18. The average Bonchev–Trinajstić information content (AvgIpc) is 3.06. The van der Waals surface area contributed by atoms with E-state index in [0.717, 1.165) is 27.1 Å². The fraction of sp³-hybridized carbons (Fsp3) is 0.0769. The summed E-state index contributed by atoms with van der Waals surface area (Å²) in [5, 5.41) is 8.84. The summed E-state index contributed by atoms with van der Waals surface area (Å²) in [5.74, 6) is 0. The van der Waals surface area contributed by atoms with Crippen LogP contribution in [0, 0.1) is 6.92 Å². The van der Waals surface area contributed by atoms with Crippen molar-refractivity contribution in [2.24, 2.45) is 5.73 Å². The minimum atomic E-state index is -0.627. The van der Waals surface area contributed by atoms with E-state index in [1.165, 1.54) is 22.7 Å². The molecule has 0 saturated heterocycles. The molecular formula is C13H12N6OS2. The fourth-order valence-electron chi connectivity index (χ4n) is 1.79. The highest BCUT2D eigenvalue weighted by molar-refractivity contribution is 7.20. The zero-order valence-corrected chi connectivity index (χ0v) is 13.2. The first kappa shape index (κ1) is 14.4. The molecular weight excluding hydrogens is 320 g/mol. The number of urea groups is 1. The number of nitrogens with zero attached hydrogens (tertiary/aromatic N) is 3. The van der Waals surface area contributed by atoms with E-state index in [1.807, 2.05) is 24.4 Å². The van der Waals surface area contributed by atoms with Gasteiger partial charge >= 0.3 is 6.03 Å². The molecule has 0 bridgehead atoms. The second-order valence-electron chi connectivity index (χ2n) is 4.33. The number of hydrogen-bond acceptors (Lipinski definition) is 7. The van der Waals surface area contributed by atoms with Gasteiger partial charge in [0.05, 0.1) is 28.1 Å². The molecule has 0 spiro atoms. The first-order chi connectivity index (χ1) is 10.6. The van der Waals surface area contributed by atoms with E-state index < -0.39 is 6.03 Å². The van der Waals surface area contributed by atoms with Crippen molar-refractivity contribution >= 4 is 44.7 Å². The summed E-state index contributed by atoms with van der Waals surface area (Å²) in [5.41, 5.74) is 7.58. The van der Waals surface area contributed by atoms with Gasteiger partial charge in [-0.2, -0.15) is 0 Å². The van der Waals surface area contributed by atoms with Gasteiger partial charge in [-0.3, -0.25) is 10.3 Å². The summed E-state index contributed by atoms with van der Waals surface area (Å²) in [7, 11) is 0. The molecule has 9 heteroatoms. The topological polar surface area (TPSA) is 106 Å². The Hall–Kier alpha value is -2.52. The van der Waals surface area contributed by atoms with Gasteiger partial charge in [0.2, 0.25) is 0 Å². The molecule has 22 heavy (non-hydrogen) atoms. The number of rotatable bonds is 4. The molecule has 0 saturated carbocycles. The van der Waals surface area contributed by atoms with Crippen LogP contribution in [-0.4, -0.2) is 21.0 Å². The summed E-state index contributed by atoms with van der Waals surface area (Å²) in [6.45, 7) is 1.87. The Morgan fingerprint density at radius 2 is 2.18 bits per heavy atom. The highest BCUT2D eigenvalue weighted by Crippen LogP contribution is 2.34. The van der Waals surface area contributed by atoms with E-state index in [1.54, 1.807) is 12.4 Å². The zero-order valence-electron chi connectivity index (χ0n) is 11.5. The number of nitrogens with one attached hydrogen (secondary N) is 2. The molecule has 0 aliphatic rings. The number of aryl methyl sites for hydroxylation is 1. The molecule has 0 unspecified atom stereocenters. The van der Waals surface area contributed by atoms with E-state index in [2.05, 4.69) is 25.6 Å². The molecule has 3 aromatic heterocycles. The maximum Gasteiger partial charge on any atom is 0.318 e. The predicted octanol–water partition coefficient (Wildman–Crippen LogP) is 3.20. The largest absolute Gasteiger partial charge is 0.351 e. The molecule has 112 valence electrons. The number of nitrogens with two attached hydrogens (primary N) is 1. The molecule has 0 aromatic carbocycles. The average molecular weight is 332 g/mol. The van der Waals surface area contributed by atoms with E-state index in [-0.39, 0.29) is 0 Å². The minimum Gasteiger partial charge on any atom is -0.351 e. The second kappa shape index (κ2) is 6.08. The Bertz CT molecular complexity index is 798. The minimum absolute atomic E-state index is 0.467. The fourth-order valence-corrected chi connectivity index (χ4v) is 3.51. The number of amides is 2. The number of carbonyl (C=O) groups is 1. The van der Waals surface area contributed by atoms with Crippen molar-refractivity contribution in [2.75, 3.05) is 10.6 Å². The quantitative estimate of drug-likeness (QED) is 0.680.